The summed E-state index contributed by atoms with van der Waals surface area (Å²) in [7, 11) is 0. The van der Waals surface area contributed by atoms with Gasteiger partial charge in [-0.3, -0.25) is 5.32 Å². The smallest absolute Gasteiger partial charge is 0.117 e. The zero-order valence-electron chi connectivity index (χ0n) is 6.43. The molecule has 4 nitrogen and oxygen atoms in total. The number of hydrogen-bond acceptors (Lipinski definition) is 4. The van der Waals surface area contributed by atoms with Gasteiger partial charge in [0.1, 0.15) is 6.23 Å². The average Bonchev–Trinajstić information content (AvgIpc) is 1.89. The second kappa shape index (κ2) is 6.95. The van der Waals surface area contributed by atoms with Crippen LogP contribution in [0.5, 0.6) is 0 Å². The second-order valence-corrected chi connectivity index (χ2v) is 2.07. The van der Waals surface area contributed by atoms with Gasteiger partial charge in [-0.15, -0.1) is 0 Å². The van der Waals surface area contributed by atoms with Crippen molar-refractivity contribution in [2.75, 3.05) is 26.2 Å². The summed E-state index contributed by atoms with van der Waals surface area (Å²) < 4.78 is 0. The van der Waals surface area contributed by atoms with Crippen molar-refractivity contribution >= 4 is 0 Å². The van der Waals surface area contributed by atoms with Crippen molar-refractivity contribution in [1.29, 1.82) is 0 Å². The SMILES string of the molecule is CCNC(O)CNCCN. The van der Waals surface area contributed by atoms with Crippen LogP contribution in [0.1, 0.15) is 6.92 Å². The second-order valence-electron chi connectivity index (χ2n) is 2.07. The van der Waals surface area contributed by atoms with Gasteiger partial charge in [0.2, 0.25) is 0 Å². The van der Waals surface area contributed by atoms with E-state index in [1.165, 1.54) is 0 Å². The Morgan fingerprint density at radius 3 is 2.80 bits per heavy atom. The summed E-state index contributed by atoms with van der Waals surface area (Å²) in [6.45, 7) is 4.66. The monoisotopic (exact) mass is 147 g/mol. The fourth-order valence-corrected chi connectivity index (χ4v) is 0.649. The van der Waals surface area contributed by atoms with Crippen LogP contribution in [-0.4, -0.2) is 37.5 Å². The van der Waals surface area contributed by atoms with Crippen molar-refractivity contribution in [3.05, 3.63) is 0 Å². The lowest BCUT2D eigenvalue weighted by Crippen LogP contribution is -2.39. The van der Waals surface area contributed by atoms with Crippen LogP contribution in [0.25, 0.3) is 0 Å². The highest BCUT2D eigenvalue weighted by molar-refractivity contribution is 4.55. The maximum Gasteiger partial charge on any atom is 0.117 e. The highest BCUT2D eigenvalue weighted by atomic mass is 16.3. The van der Waals surface area contributed by atoms with Gasteiger partial charge in [-0.1, -0.05) is 6.92 Å². The summed E-state index contributed by atoms with van der Waals surface area (Å²) in [6.07, 6.45) is -0.448. The summed E-state index contributed by atoms with van der Waals surface area (Å²) in [6, 6.07) is 0. The highest BCUT2D eigenvalue weighted by Gasteiger charge is 1.97. The highest BCUT2D eigenvalue weighted by Crippen LogP contribution is 1.70. The molecule has 0 heterocycles. The zero-order chi connectivity index (χ0) is 7.82. The van der Waals surface area contributed by atoms with Crippen LogP contribution in [-0.2, 0) is 0 Å². The Morgan fingerprint density at radius 2 is 2.30 bits per heavy atom. The molecule has 0 saturated heterocycles. The minimum Gasteiger partial charge on any atom is -0.377 e. The third kappa shape index (κ3) is 5.97. The van der Waals surface area contributed by atoms with E-state index in [4.69, 9.17) is 10.8 Å². The average molecular weight is 147 g/mol. The number of aliphatic hydroxyl groups excluding tert-OH is 1. The molecule has 0 saturated carbocycles. The Bertz CT molecular complexity index is 70.0. The Balaban J connectivity index is 2.97. The van der Waals surface area contributed by atoms with Crippen molar-refractivity contribution in [1.82, 2.24) is 10.6 Å². The van der Waals surface area contributed by atoms with Gasteiger partial charge in [0, 0.05) is 19.6 Å². The normalized spacial score (nSPS) is 13.5. The predicted octanol–water partition coefficient (Wildman–Crippen LogP) is -1.54. The summed E-state index contributed by atoms with van der Waals surface area (Å²) in [5.74, 6) is 0. The molecule has 4 heteroatoms. The summed E-state index contributed by atoms with van der Waals surface area (Å²) in [5, 5.41) is 14.9. The first kappa shape index (κ1) is 9.84. The van der Waals surface area contributed by atoms with E-state index in [0.717, 1.165) is 13.1 Å². The van der Waals surface area contributed by atoms with Crippen molar-refractivity contribution in [2.45, 2.75) is 13.2 Å². The number of aliphatic hydroxyl groups is 1. The van der Waals surface area contributed by atoms with E-state index in [1.54, 1.807) is 0 Å². The first-order valence-electron chi connectivity index (χ1n) is 3.63. The van der Waals surface area contributed by atoms with Crippen LogP contribution in [0.2, 0.25) is 0 Å². The molecule has 0 amide bonds. The van der Waals surface area contributed by atoms with E-state index in [1.807, 2.05) is 6.92 Å². The van der Waals surface area contributed by atoms with Gasteiger partial charge in [0.05, 0.1) is 0 Å². The molecular formula is C6H17N3O. The fraction of sp³-hybridized carbons (Fsp3) is 1.00. The number of rotatable bonds is 6. The molecule has 0 aromatic carbocycles. The molecule has 10 heavy (non-hydrogen) atoms. The molecule has 0 fully saturated rings. The molecule has 5 N–H and O–H groups in total. The van der Waals surface area contributed by atoms with Crippen LogP contribution in [0.4, 0.5) is 0 Å². The maximum absolute atomic E-state index is 9.06. The number of nitrogens with two attached hydrogens (primary N) is 1. The minimum absolute atomic E-state index is 0.448. The Labute approximate surface area is 61.8 Å². The van der Waals surface area contributed by atoms with Crippen molar-refractivity contribution in [3.63, 3.8) is 0 Å². The van der Waals surface area contributed by atoms with Gasteiger partial charge < -0.3 is 16.2 Å². The molecule has 0 aromatic heterocycles. The molecule has 0 aromatic rings. The molecule has 62 valence electrons. The maximum atomic E-state index is 9.06. The molecule has 0 radical (unpaired) electrons. The molecule has 1 unspecified atom stereocenters. The lowest BCUT2D eigenvalue weighted by atomic mass is 10.5. The predicted molar refractivity (Wildman–Crippen MR) is 41.6 cm³/mol. The van der Waals surface area contributed by atoms with Gasteiger partial charge in [0.15, 0.2) is 0 Å². The van der Waals surface area contributed by atoms with Gasteiger partial charge in [0.25, 0.3) is 0 Å². The number of likely N-dealkylation sites (N-methyl/N-ethyl adjacent to an activating group) is 1. The van der Waals surface area contributed by atoms with Crippen molar-refractivity contribution in [3.8, 4) is 0 Å². The first-order valence-corrected chi connectivity index (χ1v) is 3.63. The van der Waals surface area contributed by atoms with E-state index < -0.39 is 6.23 Å². The Kier molecular flexibility index (Phi) is 6.84. The van der Waals surface area contributed by atoms with E-state index in [9.17, 15) is 0 Å². The first-order chi connectivity index (χ1) is 4.81. The van der Waals surface area contributed by atoms with E-state index in [-0.39, 0.29) is 0 Å². The fourth-order valence-electron chi connectivity index (χ4n) is 0.649. The van der Waals surface area contributed by atoms with Crippen LogP contribution < -0.4 is 16.4 Å². The number of nitrogens with one attached hydrogen (secondary N) is 2. The van der Waals surface area contributed by atoms with Gasteiger partial charge in [-0.2, -0.15) is 0 Å². The van der Waals surface area contributed by atoms with E-state index in [2.05, 4.69) is 10.6 Å². The molecule has 0 aliphatic heterocycles. The van der Waals surface area contributed by atoms with E-state index in [0.29, 0.717) is 13.1 Å². The quantitative estimate of drug-likeness (QED) is 0.271. The standard InChI is InChI=1S/C6H17N3O/c1-2-9-6(10)5-8-4-3-7/h6,8-10H,2-5,7H2,1H3. The Hall–Kier alpha value is -0.160. The third-order valence-electron chi connectivity index (χ3n) is 1.10. The topological polar surface area (TPSA) is 70.3 Å². The van der Waals surface area contributed by atoms with Gasteiger partial charge in [-0.25, -0.2) is 0 Å². The largest absolute Gasteiger partial charge is 0.377 e. The summed E-state index contributed by atoms with van der Waals surface area (Å²) in [5.41, 5.74) is 5.22. The van der Waals surface area contributed by atoms with E-state index >= 15 is 0 Å². The number of hydrogen-bond donors (Lipinski definition) is 4. The Morgan fingerprint density at radius 1 is 1.60 bits per heavy atom. The van der Waals surface area contributed by atoms with Crippen LogP contribution in [0.15, 0.2) is 0 Å². The zero-order valence-corrected chi connectivity index (χ0v) is 6.43. The molecule has 0 spiro atoms. The van der Waals surface area contributed by atoms with Gasteiger partial charge >= 0.3 is 0 Å². The van der Waals surface area contributed by atoms with Crippen LogP contribution in [0, 0.1) is 0 Å². The van der Waals surface area contributed by atoms with Crippen LogP contribution >= 0.6 is 0 Å². The van der Waals surface area contributed by atoms with Crippen molar-refractivity contribution in [2.24, 2.45) is 5.73 Å². The molecule has 0 bridgehead atoms. The molecular weight excluding hydrogens is 130 g/mol. The van der Waals surface area contributed by atoms with Crippen LogP contribution in [0.3, 0.4) is 0 Å². The molecule has 0 aliphatic rings. The lowest BCUT2D eigenvalue weighted by Gasteiger charge is -2.10. The summed E-state index contributed by atoms with van der Waals surface area (Å²) >= 11 is 0. The van der Waals surface area contributed by atoms with Crippen molar-refractivity contribution < 1.29 is 5.11 Å². The molecule has 1 atom stereocenters. The third-order valence-corrected chi connectivity index (χ3v) is 1.10. The lowest BCUT2D eigenvalue weighted by molar-refractivity contribution is 0.138. The van der Waals surface area contributed by atoms with Gasteiger partial charge in [-0.05, 0) is 6.54 Å². The molecule has 0 aliphatic carbocycles. The minimum atomic E-state index is -0.448. The summed E-state index contributed by atoms with van der Waals surface area (Å²) in [4.78, 5) is 0. The molecule has 0 rings (SSSR count).